The Morgan fingerprint density at radius 3 is 2.58 bits per heavy atom. The number of carbonyl (C=O) groups excluding carboxylic acids is 2. The van der Waals surface area contributed by atoms with Crippen LogP contribution in [-0.2, 0) is 22.4 Å². The number of carbonyl (C=O) groups is 2. The van der Waals surface area contributed by atoms with E-state index >= 15 is 0 Å². The predicted octanol–water partition coefficient (Wildman–Crippen LogP) is 6.53. The number of esters is 1. The molecule has 1 heterocycles. The van der Waals surface area contributed by atoms with Crippen LogP contribution in [0.25, 0.3) is 0 Å². The summed E-state index contributed by atoms with van der Waals surface area (Å²) in [6, 6.07) is 5.91. The molecule has 5 nitrogen and oxygen atoms in total. The predicted molar refractivity (Wildman–Crippen MR) is 135 cm³/mol. The number of aryl methyl sites for hydroxylation is 1. The summed E-state index contributed by atoms with van der Waals surface area (Å²) in [6.07, 6.45) is 2.78. The van der Waals surface area contributed by atoms with Gasteiger partial charge < -0.3 is 14.8 Å². The van der Waals surface area contributed by atoms with E-state index in [4.69, 9.17) is 9.47 Å². The van der Waals surface area contributed by atoms with E-state index in [-0.39, 0.29) is 23.9 Å². The van der Waals surface area contributed by atoms with Crippen LogP contribution in [0, 0.1) is 18.3 Å². The quantitative estimate of drug-likeness (QED) is 0.467. The van der Waals surface area contributed by atoms with Crippen molar-refractivity contribution in [2.75, 3.05) is 18.5 Å². The molecule has 1 amide bonds. The van der Waals surface area contributed by atoms with Crippen molar-refractivity contribution in [3.8, 4) is 5.75 Å². The minimum Gasteiger partial charge on any atom is -0.484 e. The van der Waals surface area contributed by atoms with Gasteiger partial charge in [-0.2, -0.15) is 0 Å². The first-order valence-corrected chi connectivity index (χ1v) is 12.7. The van der Waals surface area contributed by atoms with Crippen LogP contribution in [0.5, 0.6) is 5.75 Å². The summed E-state index contributed by atoms with van der Waals surface area (Å²) in [5.41, 5.74) is 4.17. The lowest BCUT2D eigenvalue weighted by Crippen LogP contribution is -2.26. The molecule has 1 aromatic heterocycles. The van der Waals surface area contributed by atoms with Crippen molar-refractivity contribution in [2.45, 2.75) is 73.6 Å². The zero-order valence-corrected chi connectivity index (χ0v) is 21.8. The van der Waals surface area contributed by atoms with E-state index in [0.717, 1.165) is 30.4 Å². The maximum absolute atomic E-state index is 12.8. The number of fused-ring (bicyclic) bond motifs is 1. The van der Waals surface area contributed by atoms with Gasteiger partial charge in [0.2, 0.25) is 0 Å². The first kappa shape index (κ1) is 25.3. The van der Waals surface area contributed by atoms with Gasteiger partial charge in [0.1, 0.15) is 10.8 Å². The second-order valence-electron chi connectivity index (χ2n) is 10.2. The second kappa shape index (κ2) is 10.3. The summed E-state index contributed by atoms with van der Waals surface area (Å²) in [7, 11) is 0. The van der Waals surface area contributed by atoms with Gasteiger partial charge in [0.05, 0.1) is 12.2 Å². The van der Waals surface area contributed by atoms with Gasteiger partial charge >= 0.3 is 5.97 Å². The minimum absolute atomic E-state index is 0.115. The van der Waals surface area contributed by atoms with E-state index in [1.54, 1.807) is 6.92 Å². The molecule has 0 saturated carbocycles. The molecule has 1 aromatic carbocycles. The lowest BCUT2D eigenvalue weighted by atomic mass is 9.72. The van der Waals surface area contributed by atoms with Gasteiger partial charge in [0.15, 0.2) is 6.61 Å². The Bertz CT molecular complexity index is 1020. The molecule has 2 aromatic rings. The van der Waals surface area contributed by atoms with Crippen molar-refractivity contribution < 1.29 is 19.1 Å². The van der Waals surface area contributed by atoms with Crippen molar-refractivity contribution in [2.24, 2.45) is 11.3 Å². The molecule has 1 N–H and O–H groups in total. The molecule has 1 atom stereocenters. The monoisotopic (exact) mass is 471 g/mol. The van der Waals surface area contributed by atoms with Gasteiger partial charge in [-0.1, -0.05) is 40.7 Å². The lowest BCUT2D eigenvalue weighted by Gasteiger charge is -2.33. The number of nitrogens with one attached hydrogen (secondary N) is 1. The van der Waals surface area contributed by atoms with Crippen LogP contribution in [-0.4, -0.2) is 25.1 Å². The highest BCUT2D eigenvalue weighted by Crippen LogP contribution is 2.44. The second-order valence-corrected chi connectivity index (χ2v) is 11.3. The first-order valence-electron chi connectivity index (χ1n) is 11.9. The fraction of sp³-hybridized carbons (Fsp3) is 0.556. The molecule has 33 heavy (non-hydrogen) atoms. The third kappa shape index (κ3) is 5.97. The molecule has 1 aliphatic carbocycles. The van der Waals surface area contributed by atoms with Crippen molar-refractivity contribution in [3.05, 3.63) is 45.3 Å². The number of hydrogen-bond donors (Lipinski definition) is 1. The fourth-order valence-corrected chi connectivity index (χ4v) is 5.86. The molecule has 0 spiro atoms. The Morgan fingerprint density at radius 2 is 1.97 bits per heavy atom. The summed E-state index contributed by atoms with van der Waals surface area (Å²) in [4.78, 5) is 26.7. The van der Waals surface area contributed by atoms with Crippen molar-refractivity contribution in [3.63, 3.8) is 0 Å². The highest BCUT2D eigenvalue weighted by molar-refractivity contribution is 7.17. The van der Waals surface area contributed by atoms with E-state index < -0.39 is 0 Å². The Morgan fingerprint density at radius 1 is 1.24 bits per heavy atom. The van der Waals surface area contributed by atoms with E-state index in [2.05, 4.69) is 46.9 Å². The first-order chi connectivity index (χ1) is 15.5. The number of amides is 1. The van der Waals surface area contributed by atoms with Crippen LogP contribution in [0.2, 0.25) is 0 Å². The smallest absolute Gasteiger partial charge is 0.341 e. The Labute approximate surface area is 201 Å². The summed E-state index contributed by atoms with van der Waals surface area (Å²) in [5, 5.41) is 3.51. The van der Waals surface area contributed by atoms with E-state index in [9.17, 15) is 9.59 Å². The minimum atomic E-state index is -0.361. The number of benzene rings is 1. The van der Waals surface area contributed by atoms with Crippen molar-refractivity contribution >= 4 is 28.2 Å². The molecular weight excluding hydrogens is 434 g/mol. The maximum Gasteiger partial charge on any atom is 0.341 e. The van der Waals surface area contributed by atoms with Crippen LogP contribution >= 0.6 is 11.3 Å². The van der Waals surface area contributed by atoms with E-state index in [1.165, 1.54) is 21.8 Å². The molecular formula is C27H37NO4S. The van der Waals surface area contributed by atoms with Crippen molar-refractivity contribution in [1.82, 2.24) is 0 Å². The molecule has 1 unspecified atom stereocenters. The summed E-state index contributed by atoms with van der Waals surface area (Å²) in [6.45, 7) is 15.1. The molecule has 6 heteroatoms. The third-order valence-electron chi connectivity index (χ3n) is 6.46. The standard InChI is InChI=1S/C27H37NO4S/c1-8-31-26(30)24-21-11-9-18(27(5,6)7)14-22(21)33-25(24)28-23(29)15-32-19-10-12-20(16(2)3)17(4)13-19/h10,12-13,16,18H,8-9,11,14-15H2,1-7H3,(H,28,29). The number of thiophene rings is 1. The molecule has 0 bridgehead atoms. The van der Waals surface area contributed by atoms with Crippen LogP contribution in [0.3, 0.4) is 0 Å². The summed E-state index contributed by atoms with van der Waals surface area (Å²) >= 11 is 1.51. The highest BCUT2D eigenvalue weighted by Gasteiger charge is 2.34. The molecule has 0 saturated heterocycles. The topological polar surface area (TPSA) is 64.6 Å². The summed E-state index contributed by atoms with van der Waals surface area (Å²) < 4.78 is 11.1. The fourth-order valence-electron chi connectivity index (χ4n) is 4.53. The molecule has 0 fully saturated rings. The SMILES string of the molecule is CCOC(=O)c1c(NC(=O)COc2ccc(C(C)C)c(C)c2)sc2c1CCC(C(C)(C)C)C2. The van der Waals surface area contributed by atoms with E-state index in [0.29, 0.717) is 34.8 Å². The van der Waals surface area contributed by atoms with Gasteiger partial charge in [0, 0.05) is 4.88 Å². The Balaban J connectivity index is 1.75. The van der Waals surface area contributed by atoms with E-state index in [1.807, 2.05) is 18.2 Å². The largest absolute Gasteiger partial charge is 0.484 e. The molecule has 0 radical (unpaired) electrons. The average molecular weight is 472 g/mol. The number of rotatable bonds is 7. The maximum atomic E-state index is 12.8. The van der Waals surface area contributed by atoms with Gasteiger partial charge in [-0.25, -0.2) is 4.79 Å². The van der Waals surface area contributed by atoms with Crippen LogP contribution < -0.4 is 10.1 Å². The number of ether oxygens (including phenoxy) is 2. The number of anilines is 1. The van der Waals surface area contributed by atoms with Crippen LogP contribution in [0.1, 0.15) is 85.8 Å². The van der Waals surface area contributed by atoms with Crippen LogP contribution in [0.4, 0.5) is 5.00 Å². The van der Waals surface area contributed by atoms with Crippen LogP contribution in [0.15, 0.2) is 18.2 Å². The van der Waals surface area contributed by atoms with Crippen molar-refractivity contribution in [1.29, 1.82) is 0 Å². The molecule has 180 valence electrons. The highest BCUT2D eigenvalue weighted by atomic mass is 32.1. The van der Waals surface area contributed by atoms with Gasteiger partial charge in [-0.05, 0) is 79.2 Å². The van der Waals surface area contributed by atoms with Gasteiger partial charge in [-0.3, -0.25) is 4.79 Å². The summed E-state index contributed by atoms with van der Waals surface area (Å²) in [5.74, 6) is 1.00. The third-order valence-corrected chi connectivity index (χ3v) is 7.63. The Hall–Kier alpha value is -2.34. The van der Waals surface area contributed by atoms with Gasteiger partial charge in [0.25, 0.3) is 5.91 Å². The molecule has 0 aliphatic heterocycles. The number of hydrogen-bond acceptors (Lipinski definition) is 5. The normalized spacial score (nSPS) is 15.8. The Kier molecular flexibility index (Phi) is 7.88. The zero-order valence-electron chi connectivity index (χ0n) is 21.0. The lowest BCUT2D eigenvalue weighted by molar-refractivity contribution is -0.118. The van der Waals surface area contributed by atoms with Gasteiger partial charge in [-0.15, -0.1) is 11.3 Å². The molecule has 3 rings (SSSR count). The average Bonchev–Trinajstić information content (AvgIpc) is 3.08. The molecule has 1 aliphatic rings. The zero-order chi connectivity index (χ0) is 24.3.